The first-order valence-electron chi connectivity index (χ1n) is 10.1. The van der Waals surface area contributed by atoms with Gasteiger partial charge in [0, 0.05) is 28.7 Å². The van der Waals surface area contributed by atoms with Crippen molar-refractivity contribution >= 4 is 46.1 Å². The van der Waals surface area contributed by atoms with Crippen LogP contribution in [-0.2, 0) is 0 Å². The van der Waals surface area contributed by atoms with Crippen LogP contribution in [0.25, 0.3) is 16.6 Å². The van der Waals surface area contributed by atoms with Gasteiger partial charge in [-0.1, -0.05) is 30.1 Å². The van der Waals surface area contributed by atoms with Gasteiger partial charge < -0.3 is 18.8 Å². The van der Waals surface area contributed by atoms with Crippen molar-refractivity contribution in [2.24, 2.45) is 0 Å². The van der Waals surface area contributed by atoms with Gasteiger partial charge in [0.25, 0.3) is 0 Å². The topological polar surface area (TPSA) is 59.2 Å². The zero-order valence-corrected chi connectivity index (χ0v) is 20.4. The molecular formula is C24H25Cl2N3O2S. The molecule has 0 aliphatic carbocycles. The fourth-order valence-corrected chi connectivity index (χ4v) is 4.25. The molecule has 2 aromatic carbocycles. The molecule has 1 N–H and O–H groups in total. The first-order chi connectivity index (χ1) is 15.5. The van der Waals surface area contributed by atoms with E-state index in [2.05, 4.69) is 28.0 Å². The van der Waals surface area contributed by atoms with Crippen LogP contribution >= 0.6 is 35.1 Å². The van der Waals surface area contributed by atoms with Crippen molar-refractivity contribution < 1.29 is 9.47 Å². The number of ether oxygens (including phenoxy) is 2. The number of halogens is 2. The highest BCUT2D eigenvalue weighted by Gasteiger charge is 2.15. The Labute approximate surface area is 203 Å². The standard InChI is InChI=1S/C24H25Cl2N3O2S/c1-16(28-32-3)5-4-9-30-21-6-7-23-18(13-21)11-17(2)29(23)20-12-19(15-27)24(22(26)14-20)31-10-8-25/h6-7,11-14,28H,1,4-5,8-10H2,2-3H3. The minimum Gasteiger partial charge on any atom is -0.494 e. The number of allylic oxidation sites excluding steroid dienone is 1. The molecule has 0 amide bonds. The quantitative estimate of drug-likeness (QED) is 0.186. The van der Waals surface area contributed by atoms with Gasteiger partial charge in [0.1, 0.15) is 18.4 Å². The van der Waals surface area contributed by atoms with E-state index in [0.717, 1.165) is 46.6 Å². The lowest BCUT2D eigenvalue weighted by Gasteiger charge is -2.14. The lowest BCUT2D eigenvalue weighted by atomic mass is 10.2. The highest BCUT2D eigenvalue weighted by molar-refractivity contribution is 7.96. The smallest absolute Gasteiger partial charge is 0.155 e. The molecule has 0 radical (unpaired) electrons. The van der Waals surface area contributed by atoms with Gasteiger partial charge in [-0.3, -0.25) is 0 Å². The summed E-state index contributed by atoms with van der Waals surface area (Å²) in [5.41, 5.74) is 4.19. The largest absolute Gasteiger partial charge is 0.494 e. The molecule has 0 bridgehead atoms. The Bertz CT molecular complexity index is 1150. The number of hydrogen-bond acceptors (Lipinski definition) is 5. The Hall–Kier alpha value is -2.46. The third-order valence-corrected chi connectivity index (χ3v) is 5.75. The lowest BCUT2D eigenvalue weighted by molar-refractivity contribution is 0.311. The molecule has 1 aromatic heterocycles. The molecule has 3 rings (SSSR count). The van der Waals surface area contributed by atoms with Gasteiger partial charge >= 0.3 is 0 Å². The van der Waals surface area contributed by atoms with Gasteiger partial charge in [-0.15, -0.1) is 11.6 Å². The average Bonchev–Trinajstić information content (AvgIpc) is 3.10. The number of aryl methyl sites for hydroxylation is 1. The number of nitrogens with zero attached hydrogens (tertiary/aromatic N) is 2. The highest BCUT2D eigenvalue weighted by Crippen LogP contribution is 2.34. The van der Waals surface area contributed by atoms with E-state index < -0.39 is 0 Å². The number of aromatic nitrogens is 1. The number of alkyl halides is 1. The second-order valence-electron chi connectivity index (χ2n) is 7.16. The zero-order chi connectivity index (χ0) is 23.1. The van der Waals surface area contributed by atoms with Crippen LogP contribution in [0.4, 0.5) is 0 Å². The zero-order valence-electron chi connectivity index (χ0n) is 18.1. The van der Waals surface area contributed by atoms with Crippen LogP contribution in [0.5, 0.6) is 11.5 Å². The fourth-order valence-electron chi connectivity index (χ4n) is 3.51. The molecule has 3 aromatic rings. The number of nitriles is 1. The van der Waals surface area contributed by atoms with Crippen LogP contribution in [0, 0.1) is 18.3 Å². The molecule has 0 saturated heterocycles. The van der Waals surface area contributed by atoms with Crippen molar-refractivity contribution in [3.8, 4) is 23.3 Å². The Morgan fingerprint density at radius 3 is 2.75 bits per heavy atom. The Morgan fingerprint density at radius 1 is 1.22 bits per heavy atom. The summed E-state index contributed by atoms with van der Waals surface area (Å²) >= 11 is 13.7. The van der Waals surface area contributed by atoms with Crippen molar-refractivity contribution in [3.63, 3.8) is 0 Å². The molecule has 0 fully saturated rings. The number of hydrogen-bond donors (Lipinski definition) is 1. The van der Waals surface area contributed by atoms with Crippen molar-refractivity contribution in [2.75, 3.05) is 25.3 Å². The van der Waals surface area contributed by atoms with Crippen LogP contribution in [-0.4, -0.2) is 29.9 Å². The molecule has 0 atom stereocenters. The summed E-state index contributed by atoms with van der Waals surface area (Å²) < 4.78 is 16.7. The van der Waals surface area contributed by atoms with Crippen LogP contribution in [0.1, 0.15) is 24.1 Å². The minimum absolute atomic E-state index is 0.283. The molecule has 0 aliphatic heterocycles. The van der Waals surface area contributed by atoms with E-state index in [1.165, 1.54) is 0 Å². The second kappa shape index (κ2) is 11.4. The van der Waals surface area contributed by atoms with Crippen LogP contribution < -0.4 is 14.2 Å². The summed E-state index contributed by atoms with van der Waals surface area (Å²) in [6.07, 6.45) is 3.73. The maximum absolute atomic E-state index is 9.59. The summed E-state index contributed by atoms with van der Waals surface area (Å²) in [5.74, 6) is 1.50. The molecule has 0 aliphatic rings. The average molecular weight is 490 g/mol. The first-order valence-corrected chi connectivity index (χ1v) is 12.3. The van der Waals surface area contributed by atoms with Crippen molar-refractivity contribution in [1.82, 2.24) is 9.29 Å². The summed E-state index contributed by atoms with van der Waals surface area (Å²) in [7, 11) is 0. The Balaban J connectivity index is 1.83. The van der Waals surface area contributed by atoms with E-state index in [1.807, 2.05) is 31.4 Å². The van der Waals surface area contributed by atoms with E-state index >= 15 is 0 Å². The van der Waals surface area contributed by atoms with E-state index in [-0.39, 0.29) is 6.61 Å². The van der Waals surface area contributed by atoms with Gasteiger partial charge in [0.2, 0.25) is 0 Å². The second-order valence-corrected chi connectivity index (χ2v) is 8.55. The van der Waals surface area contributed by atoms with Crippen molar-refractivity contribution in [1.29, 1.82) is 5.26 Å². The fraction of sp³-hybridized carbons (Fsp3) is 0.292. The third-order valence-electron chi connectivity index (χ3n) is 4.83. The van der Waals surface area contributed by atoms with E-state index in [1.54, 1.807) is 24.1 Å². The molecule has 32 heavy (non-hydrogen) atoms. The Morgan fingerprint density at radius 2 is 2.03 bits per heavy atom. The molecule has 168 valence electrons. The van der Waals surface area contributed by atoms with Crippen molar-refractivity contribution in [2.45, 2.75) is 19.8 Å². The van der Waals surface area contributed by atoms with Gasteiger partial charge in [0.15, 0.2) is 5.75 Å². The van der Waals surface area contributed by atoms with E-state index in [9.17, 15) is 5.26 Å². The molecule has 0 spiro atoms. The van der Waals surface area contributed by atoms with E-state index in [0.29, 0.717) is 28.8 Å². The maximum Gasteiger partial charge on any atom is 0.155 e. The summed E-state index contributed by atoms with van der Waals surface area (Å²) in [6.45, 7) is 6.89. The molecule has 8 heteroatoms. The SMILES string of the molecule is C=C(CCCOc1ccc2c(c1)cc(C)n2-c1cc(Cl)c(OCCCl)c(C#N)c1)NSC. The van der Waals surface area contributed by atoms with Crippen LogP contribution in [0.2, 0.25) is 5.02 Å². The molecule has 1 heterocycles. The normalized spacial score (nSPS) is 10.7. The van der Waals surface area contributed by atoms with Gasteiger partial charge in [-0.25, -0.2) is 0 Å². The number of nitrogens with one attached hydrogen (secondary N) is 1. The molecule has 0 saturated carbocycles. The highest BCUT2D eigenvalue weighted by atomic mass is 35.5. The molecule has 5 nitrogen and oxygen atoms in total. The first kappa shape index (κ1) is 24.2. The molecule has 0 unspecified atom stereocenters. The Kier molecular flexibility index (Phi) is 8.63. The van der Waals surface area contributed by atoms with Gasteiger partial charge in [0.05, 0.1) is 28.6 Å². The van der Waals surface area contributed by atoms with Gasteiger partial charge in [-0.2, -0.15) is 5.26 Å². The third kappa shape index (κ3) is 5.66. The summed E-state index contributed by atoms with van der Waals surface area (Å²) in [4.78, 5) is 0. The van der Waals surface area contributed by atoms with Crippen LogP contribution in [0.3, 0.4) is 0 Å². The van der Waals surface area contributed by atoms with Crippen LogP contribution in [0.15, 0.2) is 48.7 Å². The summed E-state index contributed by atoms with van der Waals surface area (Å²) in [5, 5.41) is 11.0. The number of benzene rings is 2. The van der Waals surface area contributed by atoms with Crippen molar-refractivity contribution in [3.05, 3.63) is 65.0 Å². The summed E-state index contributed by atoms with van der Waals surface area (Å²) in [6, 6.07) is 13.8. The number of fused-ring (bicyclic) bond motifs is 1. The predicted molar refractivity (Wildman–Crippen MR) is 134 cm³/mol. The lowest BCUT2D eigenvalue weighted by Crippen LogP contribution is -2.04. The van der Waals surface area contributed by atoms with Gasteiger partial charge in [-0.05, 0) is 56.2 Å². The predicted octanol–water partition coefficient (Wildman–Crippen LogP) is 6.62. The number of rotatable bonds is 11. The maximum atomic E-state index is 9.59. The van der Waals surface area contributed by atoms with E-state index in [4.69, 9.17) is 32.7 Å². The molecular weight excluding hydrogens is 465 g/mol. The minimum atomic E-state index is 0.283. The monoisotopic (exact) mass is 489 g/mol.